The molecule has 2 aromatic rings. The van der Waals surface area contributed by atoms with Gasteiger partial charge in [-0.2, -0.15) is 8.42 Å². The summed E-state index contributed by atoms with van der Waals surface area (Å²) in [7, 11) is -3.74. The topological polar surface area (TPSA) is 107 Å². The second-order valence-electron chi connectivity index (χ2n) is 3.47. The fraction of sp³-hybridized carbons (Fsp3) is 0.200. The van der Waals surface area contributed by atoms with Crippen molar-refractivity contribution >= 4 is 32.2 Å². The maximum atomic E-state index is 11.9. The lowest BCUT2D eigenvalue weighted by Gasteiger charge is -2.06. The Labute approximate surface area is 114 Å². The summed E-state index contributed by atoms with van der Waals surface area (Å²) in [6, 6.07) is 6.56. The van der Waals surface area contributed by atoms with Gasteiger partial charge in [0.05, 0.1) is 6.61 Å². The highest BCUT2D eigenvalue weighted by atomic mass is 32.2. The fourth-order valence-electron chi connectivity index (χ4n) is 1.31. The molecular weight excluding hydrogens is 288 g/mol. The summed E-state index contributed by atoms with van der Waals surface area (Å²) in [6.07, 6.45) is 0. The van der Waals surface area contributed by atoms with Crippen LogP contribution in [-0.4, -0.2) is 25.2 Å². The van der Waals surface area contributed by atoms with Crippen molar-refractivity contribution in [2.45, 2.75) is 11.3 Å². The van der Waals surface area contributed by atoms with E-state index in [1.54, 1.807) is 24.3 Å². The largest absolute Gasteiger partial charge is 0.494 e. The number of benzene rings is 1. The van der Waals surface area contributed by atoms with Crippen molar-refractivity contribution in [3.63, 3.8) is 0 Å². The maximum Gasteiger partial charge on any atom is 0.291 e. The zero-order valence-corrected chi connectivity index (χ0v) is 11.7. The number of hydrogen-bond acceptors (Lipinski definition) is 7. The minimum atomic E-state index is -3.74. The first-order chi connectivity index (χ1) is 9.01. The Morgan fingerprint density at radius 2 is 2.00 bits per heavy atom. The maximum absolute atomic E-state index is 11.9. The molecule has 19 heavy (non-hydrogen) atoms. The summed E-state index contributed by atoms with van der Waals surface area (Å²) >= 11 is 0.806. The van der Waals surface area contributed by atoms with Crippen LogP contribution in [0.25, 0.3) is 0 Å². The van der Waals surface area contributed by atoms with E-state index in [0.717, 1.165) is 11.3 Å². The molecule has 2 rings (SSSR count). The monoisotopic (exact) mass is 300 g/mol. The third-order valence-corrected chi connectivity index (χ3v) is 4.57. The predicted molar refractivity (Wildman–Crippen MR) is 72.7 cm³/mol. The summed E-state index contributed by atoms with van der Waals surface area (Å²) in [5, 5.41) is 7.07. The molecule has 0 amide bonds. The van der Waals surface area contributed by atoms with Crippen molar-refractivity contribution in [1.82, 2.24) is 10.2 Å². The highest BCUT2D eigenvalue weighted by Crippen LogP contribution is 2.22. The van der Waals surface area contributed by atoms with Crippen molar-refractivity contribution in [1.29, 1.82) is 0 Å². The summed E-state index contributed by atoms with van der Waals surface area (Å²) in [5.41, 5.74) is 5.77. The minimum absolute atomic E-state index is 0.104. The lowest BCUT2D eigenvalue weighted by atomic mass is 10.3. The number of nitrogens with zero attached hydrogens (tertiary/aromatic N) is 2. The molecule has 0 unspecified atom stereocenters. The van der Waals surface area contributed by atoms with Crippen LogP contribution < -0.4 is 15.2 Å². The lowest BCUT2D eigenvalue weighted by Crippen LogP contribution is -2.12. The first-order valence-corrected chi connectivity index (χ1v) is 7.66. The summed E-state index contributed by atoms with van der Waals surface area (Å²) in [6.45, 7) is 2.42. The minimum Gasteiger partial charge on any atom is -0.494 e. The average molecular weight is 300 g/mol. The van der Waals surface area contributed by atoms with E-state index >= 15 is 0 Å². The molecule has 0 saturated heterocycles. The van der Waals surface area contributed by atoms with Gasteiger partial charge in [-0.25, -0.2) is 0 Å². The standard InChI is InChI=1S/C10H12N4O3S2/c1-2-17-8-5-3-7(4-6-8)14-19(15,16)10-13-12-9(11)18-10/h3-6,14H,2H2,1H3,(H2,11,12). The molecule has 0 saturated carbocycles. The Morgan fingerprint density at radius 3 is 2.53 bits per heavy atom. The van der Waals surface area contributed by atoms with E-state index in [1.165, 1.54) is 0 Å². The van der Waals surface area contributed by atoms with Gasteiger partial charge in [0.25, 0.3) is 14.4 Å². The van der Waals surface area contributed by atoms with Crippen LogP contribution >= 0.6 is 11.3 Å². The van der Waals surface area contributed by atoms with Crippen molar-refractivity contribution in [3.05, 3.63) is 24.3 Å². The number of anilines is 2. The molecular formula is C10H12N4O3S2. The Morgan fingerprint density at radius 1 is 1.32 bits per heavy atom. The Hall–Kier alpha value is -1.87. The highest BCUT2D eigenvalue weighted by Gasteiger charge is 2.19. The van der Waals surface area contributed by atoms with E-state index < -0.39 is 10.0 Å². The number of nitrogens with two attached hydrogens (primary N) is 1. The van der Waals surface area contributed by atoms with Gasteiger partial charge in [0.15, 0.2) is 0 Å². The smallest absolute Gasteiger partial charge is 0.291 e. The van der Waals surface area contributed by atoms with Crippen molar-refractivity contribution in [2.75, 3.05) is 17.1 Å². The van der Waals surface area contributed by atoms with Gasteiger partial charge in [0, 0.05) is 5.69 Å². The molecule has 0 bridgehead atoms. The molecule has 0 aliphatic heterocycles. The number of sulfonamides is 1. The van der Waals surface area contributed by atoms with E-state index in [4.69, 9.17) is 10.5 Å². The SMILES string of the molecule is CCOc1ccc(NS(=O)(=O)c2nnc(N)s2)cc1. The molecule has 0 aliphatic carbocycles. The van der Waals surface area contributed by atoms with Crippen LogP contribution in [0.3, 0.4) is 0 Å². The molecule has 3 N–H and O–H groups in total. The molecule has 0 atom stereocenters. The van der Waals surface area contributed by atoms with Crippen molar-refractivity contribution in [2.24, 2.45) is 0 Å². The van der Waals surface area contributed by atoms with Gasteiger partial charge in [-0.15, -0.1) is 10.2 Å². The summed E-state index contributed by atoms with van der Waals surface area (Å²) < 4.78 is 31.4. The van der Waals surface area contributed by atoms with Crippen molar-refractivity contribution < 1.29 is 13.2 Å². The van der Waals surface area contributed by atoms with Crippen LogP contribution in [0.15, 0.2) is 28.6 Å². The van der Waals surface area contributed by atoms with Crippen LogP contribution in [0, 0.1) is 0 Å². The first-order valence-electron chi connectivity index (χ1n) is 5.36. The molecule has 1 aromatic carbocycles. The lowest BCUT2D eigenvalue weighted by molar-refractivity contribution is 0.340. The predicted octanol–water partition coefficient (Wildman–Crippen LogP) is 1.32. The number of hydrogen-bond donors (Lipinski definition) is 2. The van der Waals surface area contributed by atoms with E-state index in [0.29, 0.717) is 18.0 Å². The molecule has 1 heterocycles. The van der Waals surface area contributed by atoms with Gasteiger partial charge in [-0.3, -0.25) is 4.72 Å². The second kappa shape index (κ2) is 5.41. The van der Waals surface area contributed by atoms with Gasteiger partial charge in [0.2, 0.25) is 5.13 Å². The third-order valence-electron chi connectivity index (χ3n) is 2.07. The van der Waals surface area contributed by atoms with Crippen LogP contribution in [-0.2, 0) is 10.0 Å². The van der Waals surface area contributed by atoms with Gasteiger partial charge < -0.3 is 10.5 Å². The number of aromatic nitrogens is 2. The van der Waals surface area contributed by atoms with Gasteiger partial charge in [0.1, 0.15) is 5.75 Å². The number of rotatable bonds is 5. The third kappa shape index (κ3) is 3.32. The molecule has 1 aromatic heterocycles. The number of nitrogen functional groups attached to an aromatic ring is 1. The zero-order chi connectivity index (χ0) is 13.9. The van der Waals surface area contributed by atoms with E-state index in [1.807, 2.05) is 6.92 Å². The van der Waals surface area contributed by atoms with Crippen LogP contribution in [0.5, 0.6) is 5.75 Å². The molecule has 0 aliphatic rings. The van der Waals surface area contributed by atoms with Gasteiger partial charge in [-0.05, 0) is 31.2 Å². The molecule has 0 fully saturated rings. The Bertz CT molecular complexity index is 652. The Balaban J connectivity index is 2.16. The van der Waals surface area contributed by atoms with Crippen LogP contribution in [0.1, 0.15) is 6.92 Å². The molecule has 102 valence electrons. The summed E-state index contributed by atoms with van der Waals surface area (Å²) in [5.74, 6) is 0.672. The number of ether oxygens (including phenoxy) is 1. The van der Waals surface area contributed by atoms with Crippen LogP contribution in [0.2, 0.25) is 0 Å². The molecule has 0 radical (unpaired) electrons. The fourth-order valence-corrected chi connectivity index (χ4v) is 3.16. The molecule has 7 nitrogen and oxygen atoms in total. The quantitative estimate of drug-likeness (QED) is 0.862. The number of nitrogens with one attached hydrogen (secondary N) is 1. The van der Waals surface area contributed by atoms with E-state index in [2.05, 4.69) is 14.9 Å². The summed E-state index contributed by atoms with van der Waals surface area (Å²) in [4.78, 5) is 0. The van der Waals surface area contributed by atoms with E-state index in [9.17, 15) is 8.42 Å². The average Bonchev–Trinajstić information content (AvgIpc) is 2.79. The zero-order valence-electron chi connectivity index (χ0n) is 10.0. The van der Waals surface area contributed by atoms with Crippen LogP contribution in [0.4, 0.5) is 10.8 Å². The van der Waals surface area contributed by atoms with Gasteiger partial charge >= 0.3 is 0 Å². The van der Waals surface area contributed by atoms with Crippen molar-refractivity contribution in [3.8, 4) is 5.75 Å². The molecule has 0 spiro atoms. The van der Waals surface area contributed by atoms with Gasteiger partial charge in [-0.1, -0.05) is 11.3 Å². The normalized spacial score (nSPS) is 11.2. The Kier molecular flexibility index (Phi) is 3.86. The van der Waals surface area contributed by atoms with E-state index in [-0.39, 0.29) is 9.47 Å². The second-order valence-corrected chi connectivity index (χ2v) is 6.33. The first kappa shape index (κ1) is 13.6. The highest BCUT2D eigenvalue weighted by molar-refractivity contribution is 7.94. The molecule has 9 heteroatoms.